The first-order chi connectivity index (χ1) is 22.5. The number of hydrogen-bond acceptors (Lipinski definition) is 0. The van der Waals surface area contributed by atoms with Gasteiger partial charge in [-0.05, 0) is 45.3 Å². The molecule has 0 aromatic carbocycles. The summed E-state index contributed by atoms with van der Waals surface area (Å²) in [6.45, 7) is 86.7. The Hall–Kier alpha value is 2.82. The zero-order valence-electron chi connectivity index (χ0n) is 45.5. The van der Waals surface area contributed by atoms with Crippen LogP contribution in [0.3, 0.4) is 0 Å². The molecule has 0 heterocycles. The predicted octanol–water partition coefficient (Wildman–Crippen LogP) is 18.4. The van der Waals surface area contributed by atoms with Crippen LogP contribution in [0.15, 0.2) is 0 Å². The van der Waals surface area contributed by atoms with E-state index in [4.69, 9.17) is 0 Å². The maximum absolute atomic E-state index is 2.43. The molecule has 0 aliphatic heterocycles. The molecule has 0 fully saturated rings. The van der Waals surface area contributed by atoms with Gasteiger partial charge in [0.05, 0.1) is 26.4 Å². The summed E-state index contributed by atoms with van der Waals surface area (Å²) in [5.41, 5.74) is 0. The first-order valence-corrected chi connectivity index (χ1v) is 35.4. The Morgan fingerprint density at radius 2 is 0.291 bits per heavy atom. The van der Waals surface area contributed by atoms with Gasteiger partial charge in [-0.1, -0.05) is 187 Å². The quantitative estimate of drug-likeness (QED) is 0.212. The van der Waals surface area contributed by atoms with Crippen molar-refractivity contribution in [3.05, 3.63) is 0 Å². The van der Waals surface area contributed by atoms with Gasteiger partial charge in [-0.15, -0.1) is 0 Å². The van der Waals surface area contributed by atoms with Crippen molar-refractivity contribution in [1.29, 1.82) is 0 Å². The molecule has 0 rings (SSSR count). The van der Waals surface area contributed by atoms with Gasteiger partial charge >= 0.3 is 117 Å². The molecule has 0 saturated carbocycles. The SMILES string of the molecule is CC(C)(C)[Si](C(C)(C)C)C(C)(C)C.CC(C)(C)[Si](C(C)(C)C)C(C)(C)C.CC(C)(C)[Si](C(C)(C)C)C(C)(C)C.C[C](C)(C)[Ge]([C](C)(C)C)[C](C)(C)C.[Ge].[Ge]=[Ge]. The van der Waals surface area contributed by atoms with Crippen molar-refractivity contribution >= 4 is 86.3 Å². The summed E-state index contributed by atoms with van der Waals surface area (Å²) >= 11 is 2.90. The second kappa shape index (κ2) is 23.5. The van der Waals surface area contributed by atoms with Crippen molar-refractivity contribution in [3.8, 4) is 0 Å². The van der Waals surface area contributed by atoms with E-state index in [2.05, 4.69) is 249 Å². The van der Waals surface area contributed by atoms with Crippen molar-refractivity contribution in [2.24, 2.45) is 0 Å². The van der Waals surface area contributed by atoms with Gasteiger partial charge in [0, 0.05) is 17.6 Å². The Morgan fingerprint density at radius 3 is 0.291 bits per heavy atom. The van der Waals surface area contributed by atoms with Crippen LogP contribution in [0, 0.1) is 0 Å². The fourth-order valence-corrected chi connectivity index (χ4v) is 47.9. The van der Waals surface area contributed by atoms with Gasteiger partial charge in [0.25, 0.3) is 0 Å². The molecule has 55 heavy (non-hydrogen) atoms. The van der Waals surface area contributed by atoms with Crippen LogP contribution < -0.4 is 0 Å². The molecular weight excluding hydrogens is 951 g/mol. The van der Waals surface area contributed by atoms with E-state index in [1.807, 2.05) is 28.0 Å². The van der Waals surface area contributed by atoms with Gasteiger partial charge in [0.1, 0.15) is 0 Å². The second-order valence-corrected chi connectivity index (χ2v) is 55.3. The Kier molecular flexibility index (Phi) is 29.7. The van der Waals surface area contributed by atoms with Gasteiger partial charge in [0.15, 0.2) is 0 Å². The van der Waals surface area contributed by atoms with Gasteiger partial charge in [-0.3, -0.25) is 0 Å². The Labute approximate surface area is 390 Å². The third-order valence-electron chi connectivity index (χ3n) is 9.00. The van der Waals surface area contributed by atoms with Crippen LogP contribution in [0.4, 0.5) is 0 Å². The monoisotopic (exact) mass is 1060 g/mol. The van der Waals surface area contributed by atoms with E-state index in [0.717, 1.165) is 0 Å². The molecule has 328 valence electrons. The molecular formula is C48H108Ge4Si3. The predicted molar refractivity (Wildman–Crippen MR) is 277 cm³/mol. The molecule has 12 radical (unpaired) electrons. The van der Waals surface area contributed by atoms with E-state index in [-0.39, 0.29) is 17.6 Å². The minimum atomic E-state index is -1.10. The number of rotatable bonds is 0. The standard InChI is InChI=1S/C12H27Ge.3C12H27Si.Ge2.Ge/c4*1-10(2,3)13(11(4,5)6)12(7,8)9;1-2;/h4*1-9H3;;. The van der Waals surface area contributed by atoms with Crippen molar-refractivity contribution in [3.63, 3.8) is 0 Å². The zero-order chi connectivity index (χ0) is 46.3. The molecule has 0 aromatic rings. The molecule has 0 atom stereocenters. The summed E-state index contributed by atoms with van der Waals surface area (Å²) in [5.74, 6) is 0. The van der Waals surface area contributed by atoms with Crippen molar-refractivity contribution in [2.45, 2.75) is 307 Å². The molecule has 0 unspecified atom stereocenters. The number of hydrogen-bond donors (Lipinski definition) is 0. The summed E-state index contributed by atoms with van der Waals surface area (Å²) in [6.07, 6.45) is 0. The van der Waals surface area contributed by atoms with Gasteiger partial charge in [-0.2, -0.15) is 0 Å². The fourth-order valence-electron chi connectivity index (χ4n) is 13.5. The van der Waals surface area contributed by atoms with Crippen LogP contribution in [-0.2, 0) is 0 Å². The summed E-state index contributed by atoms with van der Waals surface area (Å²) in [7, 11) is -1.17. The van der Waals surface area contributed by atoms with Crippen LogP contribution in [0.25, 0.3) is 0 Å². The van der Waals surface area contributed by atoms with E-state index in [1.54, 1.807) is 0 Å². The van der Waals surface area contributed by atoms with Crippen LogP contribution in [0.1, 0.15) is 249 Å². The molecule has 0 aromatic heterocycles. The van der Waals surface area contributed by atoms with Gasteiger partial charge in [0.2, 0.25) is 0 Å². The molecule has 0 amide bonds. The maximum atomic E-state index is 2.43. The van der Waals surface area contributed by atoms with Crippen molar-refractivity contribution in [1.82, 2.24) is 0 Å². The van der Waals surface area contributed by atoms with E-state index in [9.17, 15) is 0 Å². The van der Waals surface area contributed by atoms with Crippen molar-refractivity contribution in [2.75, 3.05) is 0 Å². The van der Waals surface area contributed by atoms with Crippen LogP contribution in [0.2, 0.25) is 58.1 Å². The van der Waals surface area contributed by atoms with Crippen LogP contribution >= 0.6 is 0 Å². The fraction of sp³-hybridized carbons (Fsp3) is 1.00. The molecule has 0 aliphatic carbocycles. The normalized spacial score (nSPS) is 14.5. The molecule has 0 N–H and O–H groups in total. The molecule has 0 spiro atoms. The molecule has 0 saturated heterocycles. The summed E-state index contributed by atoms with van der Waals surface area (Å²) in [5, 5.41) is 4.39. The molecule has 0 nitrogen and oxygen atoms in total. The minimum absolute atomic E-state index is 0. The molecule has 0 aliphatic rings. The Morgan fingerprint density at radius 1 is 0.218 bits per heavy atom. The van der Waals surface area contributed by atoms with Crippen LogP contribution in [0.5, 0.6) is 0 Å². The molecule has 7 heteroatoms. The average molecular weight is 1060 g/mol. The third-order valence-corrected chi connectivity index (χ3v) is 31.9. The summed E-state index contributed by atoms with van der Waals surface area (Å²) < 4.78 is 1.66. The average Bonchev–Trinajstić information content (AvgIpc) is 2.61. The van der Waals surface area contributed by atoms with Crippen LogP contribution in [-0.4, -0.2) is 86.3 Å². The third kappa shape index (κ3) is 30.5. The Balaban J connectivity index is -0.000000142. The van der Waals surface area contributed by atoms with E-state index < -0.39 is 40.7 Å². The Bertz CT molecular complexity index is 711. The zero-order valence-corrected chi connectivity index (χ0v) is 56.9. The van der Waals surface area contributed by atoms with E-state index >= 15 is 0 Å². The van der Waals surface area contributed by atoms with E-state index in [1.165, 1.54) is 0 Å². The van der Waals surface area contributed by atoms with Gasteiger partial charge in [-0.25, -0.2) is 0 Å². The summed E-state index contributed by atoms with van der Waals surface area (Å²) in [4.78, 5) is 0. The first-order valence-electron chi connectivity index (χ1n) is 21.2. The first kappa shape index (κ1) is 69.5. The van der Waals surface area contributed by atoms with E-state index in [0.29, 0.717) is 58.1 Å². The summed E-state index contributed by atoms with van der Waals surface area (Å²) in [6, 6.07) is 0. The van der Waals surface area contributed by atoms with Crippen molar-refractivity contribution < 1.29 is 0 Å². The van der Waals surface area contributed by atoms with Gasteiger partial charge < -0.3 is 0 Å². The topological polar surface area (TPSA) is 0 Å². The second-order valence-electron chi connectivity index (χ2n) is 28.5. The molecule has 0 bridgehead atoms.